The molecule has 0 saturated heterocycles. The summed E-state index contributed by atoms with van der Waals surface area (Å²) in [5.41, 5.74) is 3.69. The second kappa shape index (κ2) is 12.0. The zero-order valence-corrected chi connectivity index (χ0v) is 18.4. The van der Waals surface area contributed by atoms with Crippen molar-refractivity contribution in [1.29, 1.82) is 0 Å². The van der Waals surface area contributed by atoms with E-state index in [0.717, 1.165) is 24.6 Å². The molecule has 1 rings (SSSR count). The summed E-state index contributed by atoms with van der Waals surface area (Å²) in [6.07, 6.45) is 5.53. The predicted molar refractivity (Wildman–Crippen MR) is 113 cm³/mol. The fourth-order valence-corrected chi connectivity index (χ4v) is 2.97. The highest BCUT2D eigenvalue weighted by molar-refractivity contribution is 14.0. The molecule has 0 aromatic carbocycles. The first kappa shape index (κ1) is 22.6. The summed E-state index contributed by atoms with van der Waals surface area (Å²) in [6, 6.07) is 0.319. The average molecular weight is 453 g/mol. The van der Waals surface area contributed by atoms with Crippen molar-refractivity contribution in [1.82, 2.24) is 20.4 Å². The standard InChI is InChI=1S/C16H31N5S.HI/c1-12(11-15-13(2)20-21(5)14(15)3)19-16(17-4)18-9-7-8-10-22-6;/h12H,7-11H2,1-6H3,(H2,17,18,19);1H. The van der Waals surface area contributed by atoms with Crippen molar-refractivity contribution in [3.63, 3.8) is 0 Å². The van der Waals surface area contributed by atoms with Gasteiger partial charge >= 0.3 is 0 Å². The number of aryl methyl sites for hydroxylation is 2. The minimum absolute atomic E-state index is 0. The number of aliphatic imine (C=N–C) groups is 1. The number of thioether (sulfide) groups is 1. The summed E-state index contributed by atoms with van der Waals surface area (Å²) < 4.78 is 1.95. The van der Waals surface area contributed by atoms with Gasteiger partial charge in [0.1, 0.15) is 0 Å². The van der Waals surface area contributed by atoms with E-state index in [1.54, 1.807) is 0 Å². The summed E-state index contributed by atoms with van der Waals surface area (Å²) in [5, 5.41) is 11.3. The summed E-state index contributed by atoms with van der Waals surface area (Å²) >= 11 is 1.90. The number of nitrogens with one attached hydrogen (secondary N) is 2. The molecule has 0 radical (unpaired) electrons. The molecule has 1 aromatic heterocycles. The number of nitrogens with zero attached hydrogens (tertiary/aromatic N) is 3. The van der Waals surface area contributed by atoms with Gasteiger partial charge in [-0.05, 0) is 57.6 Å². The maximum absolute atomic E-state index is 4.48. The lowest BCUT2D eigenvalue weighted by Gasteiger charge is -2.18. The van der Waals surface area contributed by atoms with Gasteiger partial charge in [0, 0.05) is 32.4 Å². The molecule has 1 heterocycles. The molecule has 7 heteroatoms. The van der Waals surface area contributed by atoms with Gasteiger partial charge in [-0.25, -0.2) is 0 Å². The van der Waals surface area contributed by atoms with Gasteiger partial charge in [0.2, 0.25) is 0 Å². The van der Waals surface area contributed by atoms with Crippen LogP contribution < -0.4 is 10.6 Å². The maximum atomic E-state index is 4.48. The van der Waals surface area contributed by atoms with Gasteiger partial charge in [0.15, 0.2) is 5.96 Å². The van der Waals surface area contributed by atoms with E-state index in [2.05, 4.69) is 47.8 Å². The molecule has 1 atom stereocenters. The minimum atomic E-state index is 0. The summed E-state index contributed by atoms with van der Waals surface area (Å²) in [4.78, 5) is 4.31. The van der Waals surface area contributed by atoms with E-state index in [-0.39, 0.29) is 24.0 Å². The highest BCUT2D eigenvalue weighted by atomic mass is 127. The van der Waals surface area contributed by atoms with Crippen LogP contribution in [0.1, 0.15) is 36.7 Å². The van der Waals surface area contributed by atoms with E-state index >= 15 is 0 Å². The van der Waals surface area contributed by atoms with Crippen molar-refractivity contribution < 1.29 is 0 Å². The van der Waals surface area contributed by atoms with Crippen LogP contribution >= 0.6 is 35.7 Å². The van der Waals surface area contributed by atoms with Crippen molar-refractivity contribution in [3.05, 3.63) is 17.0 Å². The van der Waals surface area contributed by atoms with E-state index < -0.39 is 0 Å². The smallest absolute Gasteiger partial charge is 0.191 e. The van der Waals surface area contributed by atoms with E-state index in [9.17, 15) is 0 Å². The van der Waals surface area contributed by atoms with Crippen LogP contribution in [0.2, 0.25) is 0 Å². The average Bonchev–Trinajstić information content (AvgIpc) is 2.72. The number of unbranched alkanes of at least 4 members (excludes halogenated alkanes) is 1. The maximum Gasteiger partial charge on any atom is 0.191 e. The molecule has 0 saturated carbocycles. The molecule has 0 aliphatic rings. The topological polar surface area (TPSA) is 54.2 Å². The van der Waals surface area contributed by atoms with Crippen LogP contribution in [0.4, 0.5) is 0 Å². The third kappa shape index (κ3) is 7.78. The summed E-state index contributed by atoms with van der Waals surface area (Å²) in [6.45, 7) is 7.36. The Kier molecular flexibility index (Phi) is 11.8. The lowest BCUT2D eigenvalue weighted by molar-refractivity contribution is 0.630. The fraction of sp³-hybridized carbons (Fsp3) is 0.750. The number of rotatable bonds is 8. The number of hydrogen-bond donors (Lipinski definition) is 2. The first-order valence-corrected chi connectivity index (χ1v) is 9.34. The van der Waals surface area contributed by atoms with Gasteiger partial charge in [0.05, 0.1) is 5.69 Å². The molecule has 0 bridgehead atoms. The Hall–Kier alpha value is -0.440. The second-order valence-electron chi connectivity index (χ2n) is 5.72. The third-order valence-electron chi connectivity index (χ3n) is 3.84. The van der Waals surface area contributed by atoms with Crippen LogP contribution in [-0.2, 0) is 13.5 Å². The van der Waals surface area contributed by atoms with E-state index in [0.29, 0.717) is 6.04 Å². The molecule has 1 aromatic rings. The summed E-state index contributed by atoms with van der Waals surface area (Å²) in [7, 11) is 3.82. The number of hydrogen-bond acceptors (Lipinski definition) is 3. The molecular formula is C16H32IN5S. The highest BCUT2D eigenvalue weighted by Crippen LogP contribution is 2.14. The van der Waals surface area contributed by atoms with Crippen LogP contribution in [0.15, 0.2) is 4.99 Å². The largest absolute Gasteiger partial charge is 0.356 e. The Labute approximate surface area is 162 Å². The van der Waals surface area contributed by atoms with Crippen LogP contribution in [0.5, 0.6) is 0 Å². The Morgan fingerprint density at radius 2 is 2.04 bits per heavy atom. The lowest BCUT2D eigenvalue weighted by Crippen LogP contribution is -2.43. The molecule has 5 nitrogen and oxygen atoms in total. The zero-order valence-electron chi connectivity index (χ0n) is 15.3. The molecule has 0 spiro atoms. The van der Waals surface area contributed by atoms with Crippen molar-refractivity contribution in [2.75, 3.05) is 25.6 Å². The van der Waals surface area contributed by atoms with E-state index in [4.69, 9.17) is 0 Å². The Balaban J connectivity index is 0.00000484. The van der Waals surface area contributed by atoms with Crippen molar-refractivity contribution in [3.8, 4) is 0 Å². The van der Waals surface area contributed by atoms with Gasteiger partial charge in [0.25, 0.3) is 0 Å². The molecule has 2 N–H and O–H groups in total. The molecule has 134 valence electrons. The fourth-order valence-electron chi connectivity index (χ4n) is 2.48. The minimum Gasteiger partial charge on any atom is -0.356 e. The Morgan fingerprint density at radius 1 is 1.35 bits per heavy atom. The van der Waals surface area contributed by atoms with Crippen LogP contribution in [0.3, 0.4) is 0 Å². The zero-order chi connectivity index (χ0) is 16.5. The molecule has 0 amide bonds. The van der Waals surface area contributed by atoms with E-state index in [1.807, 2.05) is 30.5 Å². The van der Waals surface area contributed by atoms with Gasteiger partial charge in [-0.15, -0.1) is 24.0 Å². The molecule has 0 fully saturated rings. The predicted octanol–water partition coefficient (Wildman–Crippen LogP) is 2.89. The highest BCUT2D eigenvalue weighted by Gasteiger charge is 2.13. The van der Waals surface area contributed by atoms with Gasteiger partial charge in [-0.1, -0.05) is 0 Å². The van der Waals surface area contributed by atoms with Crippen LogP contribution in [-0.4, -0.2) is 47.4 Å². The number of aromatic nitrogens is 2. The molecule has 23 heavy (non-hydrogen) atoms. The third-order valence-corrected chi connectivity index (χ3v) is 4.54. The number of guanidine groups is 1. The first-order valence-electron chi connectivity index (χ1n) is 7.94. The van der Waals surface area contributed by atoms with Gasteiger partial charge < -0.3 is 10.6 Å². The van der Waals surface area contributed by atoms with Crippen molar-refractivity contribution in [2.45, 2.75) is 46.1 Å². The van der Waals surface area contributed by atoms with Crippen molar-refractivity contribution >= 4 is 41.7 Å². The molecule has 0 aliphatic carbocycles. The molecule has 1 unspecified atom stereocenters. The van der Waals surface area contributed by atoms with Crippen molar-refractivity contribution in [2.24, 2.45) is 12.0 Å². The monoisotopic (exact) mass is 453 g/mol. The number of halogens is 1. The van der Waals surface area contributed by atoms with Crippen LogP contribution in [0, 0.1) is 13.8 Å². The molecular weight excluding hydrogens is 421 g/mol. The Morgan fingerprint density at radius 3 is 2.57 bits per heavy atom. The van der Waals surface area contributed by atoms with Gasteiger partial charge in [-0.3, -0.25) is 9.67 Å². The SMILES string of the molecule is CN=C(NCCCCSC)NC(C)Cc1c(C)nn(C)c1C.I. The van der Waals surface area contributed by atoms with E-state index in [1.165, 1.54) is 29.9 Å². The quantitative estimate of drug-likeness (QED) is 0.275. The normalized spacial score (nSPS) is 12.7. The Bertz CT molecular complexity index is 487. The lowest BCUT2D eigenvalue weighted by atomic mass is 10.1. The first-order chi connectivity index (χ1) is 10.5. The van der Waals surface area contributed by atoms with Gasteiger partial charge in [-0.2, -0.15) is 16.9 Å². The summed E-state index contributed by atoms with van der Waals surface area (Å²) in [5.74, 6) is 2.11. The molecule has 0 aliphatic heterocycles. The van der Waals surface area contributed by atoms with Crippen LogP contribution in [0.25, 0.3) is 0 Å². The second-order valence-corrected chi connectivity index (χ2v) is 6.71.